The van der Waals surface area contributed by atoms with Gasteiger partial charge in [0.1, 0.15) is 6.04 Å². The third kappa shape index (κ3) is 4.60. The summed E-state index contributed by atoms with van der Waals surface area (Å²) in [7, 11) is 0. The quantitative estimate of drug-likeness (QED) is 0.736. The lowest BCUT2D eigenvalue weighted by Gasteiger charge is -2.19. The van der Waals surface area contributed by atoms with E-state index >= 15 is 0 Å². The van der Waals surface area contributed by atoms with Gasteiger partial charge in [-0.25, -0.2) is 0 Å². The summed E-state index contributed by atoms with van der Waals surface area (Å²) in [5.41, 5.74) is 1.71. The van der Waals surface area contributed by atoms with Gasteiger partial charge in [-0.15, -0.1) is 0 Å². The Bertz CT molecular complexity index is 572. The van der Waals surface area contributed by atoms with Crippen molar-refractivity contribution in [2.24, 2.45) is 0 Å². The molecule has 0 saturated heterocycles. The SMILES string of the molecule is CCC(Nc1ccccc1)C(=O)NCC(O)c1ccccc1. The average Bonchev–Trinajstić information content (AvgIpc) is 2.59. The summed E-state index contributed by atoms with van der Waals surface area (Å²) in [5.74, 6) is -0.110. The fourth-order valence-electron chi connectivity index (χ4n) is 2.20. The van der Waals surface area contributed by atoms with Gasteiger partial charge in [0.05, 0.1) is 6.10 Å². The number of hydrogen-bond donors (Lipinski definition) is 3. The second-order valence-corrected chi connectivity index (χ2v) is 5.14. The minimum atomic E-state index is -0.695. The molecule has 2 rings (SSSR count). The molecule has 4 heteroatoms. The largest absolute Gasteiger partial charge is 0.387 e. The molecule has 0 aromatic heterocycles. The van der Waals surface area contributed by atoms with Gasteiger partial charge in [-0.2, -0.15) is 0 Å². The summed E-state index contributed by atoms with van der Waals surface area (Å²) in [5, 5.41) is 16.1. The molecule has 2 aromatic carbocycles. The number of rotatable bonds is 7. The van der Waals surface area contributed by atoms with Crippen LogP contribution in [0.15, 0.2) is 60.7 Å². The average molecular weight is 298 g/mol. The van der Waals surface area contributed by atoms with E-state index in [9.17, 15) is 9.90 Å². The summed E-state index contributed by atoms with van der Waals surface area (Å²) in [4.78, 5) is 12.2. The number of anilines is 1. The number of amides is 1. The maximum absolute atomic E-state index is 12.2. The number of aliphatic hydroxyl groups is 1. The van der Waals surface area contributed by atoms with E-state index in [0.717, 1.165) is 11.3 Å². The van der Waals surface area contributed by atoms with Crippen molar-refractivity contribution in [3.63, 3.8) is 0 Å². The highest BCUT2D eigenvalue weighted by molar-refractivity contribution is 5.84. The van der Waals surface area contributed by atoms with Crippen LogP contribution in [0.25, 0.3) is 0 Å². The fraction of sp³-hybridized carbons (Fsp3) is 0.278. The maximum Gasteiger partial charge on any atom is 0.242 e. The fourth-order valence-corrected chi connectivity index (χ4v) is 2.20. The van der Waals surface area contributed by atoms with Gasteiger partial charge in [0, 0.05) is 12.2 Å². The molecule has 22 heavy (non-hydrogen) atoms. The third-order valence-electron chi connectivity index (χ3n) is 3.49. The topological polar surface area (TPSA) is 61.4 Å². The van der Waals surface area contributed by atoms with E-state index in [0.29, 0.717) is 6.42 Å². The van der Waals surface area contributed by atoms with Crippen LogP contribution in [0.5, 0.6) is 0 Å². The second-order valence-electron chi connectivity index (χ2n) is 5.14. The summed E-state index contributed by atoms with van der Waals surface area (Å²) in [6.07, 6.45) is -0.0262. The Kier molecular flexibility index (Phi) is 5.98. The van der Waals surface area contributed by atoms with Crippen molar-refractivity contribution in [2.45, 2.75) is 25.5 Å². The number of benzene rings is 2. The Hall–Kier alpha value is -2.33. The lowest BCUT2D eigenvalue weighted by molar-refractivity contribution is -0.122. The van der Waals surface area contributed by atoms with Gasteiger partial charge in [-0.3, -0.25) is 4.79 Å². The number of para-hydroxylation sites is 1. The lowest BCUT2D eigenvalue weighted by atomic mass is 10.1. The van der Waals surface area contributed by atoms with Gasteiger partial charge in [-0.05, 0) is 24.1 Å². The monoisotopic (exact) mass is 298 g/mol. The molecule has 0 spiro atoms. The third-order valence-corrected chi connectivity index (χ3v) is 3.49. The Balaban J connectivity index is 1.87. The van der Waals surface area contributed by atoms with E-state index in [1.807, 2.05) is 67.6 Å². The second kappa shape index (κ2) is 8.20. The first kappa shape index (κ1) is 16.0. The van der Waals surface area contributed by atoms with Crippen molar-refractivity contribution in [1.29, 1.82) is 0 Å². The van der Waals surface area contributed by atoms with Crippen LogP contribution in [0, 0.1) is 0 Å². The molecule has 4 nitrogen and oxygen atoms in total. The Morgan fingerprint density at radius 2 is 1.64 bits per heavy atom. The number of carbonyl (C=O) groups is 1. The number of nitrogens with one attached hydrogen (secondary N) is 2. The lowest BCUT2D eigenvalue weighted by Crippen LogP contribution is -2.40. The minimum Gasteiger partial charge on any atom is -0.387 e. The molecule has 0 aliphatic heterocycles. The van der Waals surface area contributed by atoms with Crippen LogP contribution in [0.4, 0.5) is 5.69 Å². The van der Waals surface area contributed by atoms with Crippen molar-refractivity contribution < 1.29 is 9.90 Å². The van der Waals surface area contributed by atoms with Crippen LogP contribution in [0.1, 0.15) is 25.0 Å². The van der Waals surface area contributed by atoms with E-state index in [-0.39, 0.29) is 18.5 Å². The Labute approximate surface area is 131 Å². The molecule has 3 N–H and O–H groups in total. The Morgan fingerprint density at radius 3 is 2.23 bits per heavy atom. The summed E-state index contributed by atoms with van der Waals surface area (Å²) >= 11 is 0. The molecule has 0 fully saturated rings. The van der Waals surface area contributed by atoms with Crippen molar-refractivity contribution in [2.75, 3.05) is 11.9 Å². The van der Waals surface area contributed by atoms with Crippen molar-refractivity contribution in [3.05, 3.63) is 66.2 Å². The van der Waals surface area contributed by atoms with Gasteiger partial charge in [0.25, 0.3) is 0 Å². The van der Waals surface area contributed by atoms with E-state index in [1.165, 1.54) is 0 Å². The van der Waals surface area contributed by atoms with Crippen molar-refractivity contribution >= 4 is 11.6 Å². The zero-order valence-electron chi connectivity index (χ0n) is 12.7. The highest BCUT2D eigenvalue weighted by Gasteiger charge is 2.17. The number of carbonyl (C=O) groups excluding carboxylic acids is 1. The van der Waals surface area contributed by atoms with Gasteiger partial charge < -0.3 is 15.7 Å². The molecule has 2 atom stereocenters. The van der Waals surface area contributed by atoms with Crippen LogP contribution >= 0.6 is 0 Å². The van der Waals surface area contributed by atoms with E-state index in [2.05, 4.69) is 10.6 Å². The highest BCUT2D eigenvalue weighted by Crippen LogP contribution is 2.12. The van der Waals surface area contributed by atoms with Crippen LogP contribution in [0.2, 0.25) is 0 Å². The van der Waals surface area contributed by atoms with Crippen LogP contribution in [0.3, 0.4) is 0 Å². The molecule has 0 aliphatic carbocycles. The summed E-state index contributed by atoms with van der Waals surface area (Å²) in [6.45, 7) is 2.16. The van der Waals surface area contributed by atoms with Crippen LogP contribution in [-0.2, 0) is 4.79 Å². The normalized spacial score (nSPS) is 13.2. The van der Waals surface area contributed by atoms with Crippen molar-refractivity contribution in [1.82, 2.24) is 5.32 Å². The highest BCUT2D eigenvalue weighted by atomic mass is 16.3. The minimum absolute atomic E-state index is 0.110. The number of hydrogen-bond acceptors (Lipinski definition) is 3. The first-order chi connectivity index (χ1) is 10.7. The molecule has 0 saturated carbocycles. The molecule has 0 heterocycles. The Morgan fingerprint density at radius 1 is 1.05 bits per heavy atom. The van der Waals surface area contributed by atoms with E-state index in [1.54, 1.807) is 0 Å². The predicted octanol–water partition coefficient (Wildman–Crippen LogP) is 2.73. The first-order valence-electron chi connectivity index (χ1n) is 7.53. The van der Waals surface area contributed by atoms with E-state index in [4.69, 9.17) is 0 Å². The molecule has 0 bridgehead atoms. The van der Waals surface area contributed by atoms with Gasteiger partial charge in [0.15, 0.2) is 0 Å². The molecule has 2 aromatic rings. The van der Waals surface area contributed by atoms with Gasteiger partial charge in [-0.1, -0.05) is 55.5 Å². The summed E-state index contributed by atoms with van der Waals surface area (Å²) < 4.78 is 0. The van der Waals surface area contributed by atoms with Crippen LogP contribution < -0.4 is 10.6 Å². The summed E-state index contributed by atoms with van der Waals surface area (Å²) in [6, 6.07) is 18.6. The molecule has 0 radical (unpaired) electrons. The maximum atomic E-state index is 12.2. The molecular weight excluding hydrogens is 276 g/mol. The van der Waals surface area contributed by atoms with Gasteiger partial charge in [0.2, 0.25) is 5.91 Å². The zero-order valence-corrected chi connectivity index (χ0v) is 12.7. The predicted molar refractivity (Wildman–Crippen MR) is 88.6 cm³/mol. The van der Waals surface area contributed by atoms with Crippen LogP contribution in [-0.4, -0.2) is 23.6 Å². The molecular formula is C18H22N2O2. The molecule has 116 valence electrons. The molecule has 0 aliphatic rings. The number of aliphatic hydroxyl groups excluding tert-OH is 1. The standard InChI is InChI=1S/C18H22N2O2/c1-2-16(20-15-11-7-4-8-12-15)18(22)19-13-17(21)14-9-5-3-6-10-14/h3-12,16-17,20-21H,2,13H2,1H3,(H,19,22). The van der Waals surface area contributed by atoms with E-state index < -0.39 is 6.10 Å². The molecule has 1 amide bonds. The first-order valence-corrected chi connectivity index (χ1v) is 7.53. The molecule has 2 unspecified atom stereocenters. The zero-order chi connectivity index (χ0) is 15.8. The van der Waals surface area contributed by atoms with Crippen molar-refractivity contribution in [3.8, 4) is 0 Å². The smallest absolute Gasteiger partial charge is 0.242 e. The van der Waals surface area contributed by atoms with Gasteiger partial charge >= 0.3 is 0 Å².